The molecule has 1 aliphatic heterocycles. The summed E-state index contributed by atoms with van der Waals surface area (Å²) < 4.78 is 5.00. The maximum Gasteiger partial charge on any atom is 0.224 e. The first-order valence-corrected chi connectivity index (χ1v) is 5.73. The summed E-state index contributed by atoms with van der Waals surface area (Å²) in [5.74, 6) is 0.307. The van der Waals surface area contributed by atoms with Crippen molar-refractivity contribution in [2.75, 3.05) is 18.5 Å². The van der Waals surface area contributed by atoms with Gasteiger partial charge in [-0.15, -0.1) is 0 Å². The summed E-state index contributed by atoms with van der Waals surface area (Å²) in [7, 11) is 0. The third-order valence-corrected chi connectivity index (χ3v) is 2.76. The van der Waals surface area contributed by atoms with Gasteiger partial charge in [0, 0.05) is 28.1 Å². The van der Waals surface area contributed by atoms with Crippen LogP contribution in [0.5, 0.6) is 0 Å². The van der Waals surface area contributed by atoms with Gasteiger partial charge in [-0.1, -0.05) is 23.2 Å². The molecule has 1 heterocycles. The van der Waals surface area contributed by atoms with Gasteiger partial charge in [0.1, 0.15) is 0 Å². The van der Waals surface area contributed by atoms with Crippen LogP contribution in [0.15, 0.2) is 18.2 Å². The molecule has 5 heteroatoms. The second kappa shape index (κ2) is 5.04. The number of carbonyl (C=O) groups excluding carboxylic acids is 1. The number of halogens is 2. The topological polar surface area (TPSA) is 38.3 Å². The Labute approximate surface area is 104 Å². The van der Waals surface area contributed by atoms with E-state index in [1.165, 1.54) is 0 Å². The molecule has 1 N–H and O–H groups in total. The summed E-state index contributed by atoms with van der Waals surface area (Å²) >= 11 is 11.6. The SMILES string of the molecule is O=C(CC1COC1)Nc1cc(Cl)cc(Cl)c1. The second-order valence-corrected chi connectivity index (χ2v) is 4.69. The van der Waals surface area contributed by atoms with Crippen molar-refractivity contribution in [1.29, 1.82) is 0 Å². The molecule has 2 rings (SSSR count). The van der Waals surface area contributed by atoms with Crippen LogP contribution in [0, 0.1) is 5.92 Å². The van der Waals surface area contributed by atoms with E-state index in [0.717, 1.165) is 0 Å². The van der Waals surface area contributed by atoms with Gasteiger partial charge in [0.15, 0.2) is 0 Å². The lowest BCUT2D eigenvalue weighted by Crippen LogP contribution is -2.31. The Morgan fingerprint density at radius 1 is 1.31 bits per heavy atom. The van der Waals surface area contributed by atoms with Gasteiger partial charge < -0.3 is 10.1 Å². The van der Waals surface area contributed by atoms with E-state index in [2.05, 4.69) is 5.32 Å². The molecule has 0 spiro atoms. The van der Waals surface area contributed by atoms with Crippen LogP contribution in [-0.2, 0) is 9.53 Å². The van der Waals surface area contributed by atoms with Crippen LogP contribution in [0.2, 0.25) is 10.0 Å². The molecular formula is C11H11Cl2NO2. The van der Waals surface area contributed by atoms with Crippen LogP contribution >= 0.6 is 23.2 Å². The Balaban J connectivity index is 1.94. The number of anilines is 1. The number of ether oxygens (including phenoxy) is 1. The highest BCUT2D eigenvalue weighted by Gasteiger charge is 2.21. The minimum atomic E-state index is -0.0355. The zero-order valence-electron chi connectivity index (χ0n) is 8.50. The molecule has 86 valence electrons. The van der Waals surface area contributed by atoms with E-state index >= 15 is 0 Å². The van der Waals surface area contributed by atoms with Crippen molar-refractivity contribution in [3.8, 4) is 0 Å². The minimum absolute atomic E-state index is 0.0355. The average molecular weight is 260 g/mol. The molecule has 0 radical (unpaired) electrons. The fraction of sp³-hybridized carbons (Fsp3) is 0.364. The Morgan fingerprint density at radius 2 is 1.94 bits per heavy atom. The van der Waals surface area contributed by atoms with Crippen LogP contribution in [-0.4, -0.2) is 19.1 Å². The van der Waals surface area contributed by atoms with Crippen LogP contribution < -0.4 is 5.32 Å². The molecule has 3 nitrogen and oxygen atoms in total. The zero-order valence-corrected chi connectivity index (χ0v) is 10.0. The molecule has 16 heavy (non-hydrogen) atoms. The van der Waals surface area contributed by atoms with Gasteiger partial charge in [0.05, 0.1) is 13.2 Å². The number of carbonyl (C=O) groups is 1. The van der Waals surface area contributed by atoms with Gasteiger partial charge in [0.2, 0.25) is 5.91 Å². The monoisotopic (exact) mass is 259 g/mol. The number of hydrogen-bond donors (Lipinski definition) is 1. The van der Waals surface area contributed by atoms with Gasteiger partial charge in [-0.05, 0) is 18.2 Å². The van der Waals surface area contributed by atoms with E-state index < -0.39 is 0 Å². The maximum absolute atomic E-state index is 11.6. The number of nitrogens with one attached hydrogen (secondary N) is 1. The predicted molar refractivity (Wildman–Crippen MR) is 64.0 cm³/mol. The summed E-state index contributed by atoms with van der Waals surface area (Å²) in [5, 5.41) is 3.78. The predicted octanol–water partition coefficient (Wildman–Crippen LogP) is 2.97. The van der Waals surface area contributed by atoms with Crippen molar-refractivity contribution in [3.63, 3.8) is 0 Å². The second-order valence-electron chi connectivity index (χ2n) is 3.81. The summed E-state index contributed by atoms with van der Waals surface area (Å²) in [6, 6.07) is 4.96. The average Bonchev–Trinajstić information content (AvgIpc) is 2.09. The third kappa shape index (κ3) is 3.11. The van der Waals surface area contributed by atoms with E-state index in [-0.39, 0.29) is 5.91 Å². The zero-order chi connectivity index (χ0) is 11.5. The molecule has 1 fully saturated rings. The van der Waals surface area contributed by atoms with Crippen molar-refractivity contribution in [2.45, 2.75) is 6.42 Å². The van der Waals surface area contributed by atoms with Crippen molar-refractivity contribution in [2.24, 2.45) is 5.92 Å². The molecule has 1 amide bonds. The molecular weight excluding hydrogens is 249 g/mol. The van der Waals surface area contributed by atoms with E-state index in [4.69, 9.17) is 27.9 Å². The molecule has 0 aliphatic carbocycles. The Bertz CT molecular complexity index is 385. The lowest BCUT2D eigenvalue weighted by molar-refractivity contribution is -0.121. The quantitative estimate of drug-likeness (QED) is 0.907. The van der Waals surface area contributed by atoms with Gasteiger partial charge in [-0.3, -0.25) is 4.79 Å². The first kappa shape index (κ1) is 11.7. The van der Waals surface area contributed by atoms with Crippen molar-refractivity contribution < 1.29 is 9.53 Å². The fourth-order valence-electron chi connectivity index (χ4n) is 1.50. The third-order valence-electron chi connectivity index (χ3n) is 2.33. The minimum Gasteiger partial charge on any atom is -0.381 e. The van der Waals surface area contributed by atoms with E-state index in [9.17, 15) is 4.79 Å². The number of benzene rings is 1. The largest absolute Gasteiger partial charge is 0.381 e. The highest BCUT2D eigenvalue weighted by Crippen LogP contribution is 2.23. The van der Waals surface area contributed by atoms with Crippen LogP contribution in [0.1, 0.15) is 6.42 Å². The molecule has 0 bridgehead atoms. The summed E-state index contributed by atoms with van der Waals surface area (Å²) in [6.07, 6.45) is 0.476. The van der Waals surface area contributed by atoms with Gasteiger partial charge in [-0.25, -0.2) is 0 Å². The van der Waals surface area contributed by atoms with Crippen molar-refractivity contribution in [1.82, 2.24) is 0 Å². The van der Waals surface area contributed by atoms with Crippen LogP contribution in [0.25, 0.3) is 0 Å². The van der Waals surface area contributed by atoms with E-state index in [0.29, 0.717) is 41.3 Å². The Hall–Kier alpha value is -0.770. The summed E-state index contributed by atoms with van der Waals surface area (Å²) in [4.78, 5) is 11.6. The van der Waals surface area contributed by atoms with E-state index in [1.54, 1.807) is 18.2 Å². The smallest absolute Gasteiger partial charge is 0.224 e. The van der Waals surface area contributed by atoms with Crippen LogP contribution in [0.3, 0.4) is 0 Å². The normalized spacial score (nSPS) is 15.6. The first-order chi connectivity index (χ1) is 7.63. The molecule has 0 atom stereocenters. The summed E-state index contributed by atoms with van der Waals surface area (Å²) in [5.41, 5.74) is 0.628. The summed E-state index contributed by atoms with van der Waals surface area (Å²) in [6.45, 7) is 1.34. The molecule has 1 saturated heterocycles. The highest BCUT2D eigenvalue weighted by atomic mass is 35.5. The fourth-order valence-corrected chi connectivity index (χ4v) is 2.03. The molecule has 0 saturated carbocycles. The molecule has 1 aromatic rings. The molecule has 1 aliphatic rings. The van der Waals surface area contributed by atoms with Crippen LogP contribution in [0.4, 0.5) is 5.69 Å². The lowest BCUT2D eigenvalue weighted by Gasteiger charge is -2.25. The maximum atomic E-state index is 11.6. The van der Waals surface area contributed by atoms with Crippen molar-refractivity contribution >= 4 is 34.8 Å². The van der Waals surface area contributed by atoms with Gasteiger partial charge in [-0.2, -0.15) is 0 Å². The number of rotatable bonds is 3. The van der Waals surface area contributed by atoms with Crippen molar-refractivity contribution in [3.05, 3.63) is 28.2 Å². The molecule has 0 unspecified atom stereocenters. The molecule has 1 aromatic carbocycles. The molecule has 0 aromatic heterocycles. The van der Waals surface area contributed by atoms with Gasteiger partial charge in [0.25, 0.3) is 0 Å². The highest BCUT2D eigenvalue weighted by molar-refractivity contribution is 6.35. The number of hydrogen-bond acceptors (Lipinski definition) is 2. The first-order valence-electron chi connectivity index (χ1n) is 4.97. The Morgan fingerprint density at radius 3 is 2.44 bits per heavy atom. The van der Waals surface area contributed by atoms with E-state index in [1.807, 2.05) is 0 Å². The standard InChI is InChI=1S/C11H11Cl2NO2/c12-8-2-9(13)4-10(3-8)14-11(15)1-7-5-16-6-7/h2-4,7H,1,5-6H2,(H,14,15). The number of amides is 1. The Kier molecular flexibility index (Phi) is 3.69. The lowest BCUT2D eigenvalue weighted by atomic mass is 10.0. The van der Waals surface area contributed by atoms with Gasteiger partial charge >= 0.3 is 0 Å².